The summed E-state index contributed by atoms with van der Waals surface area (Å²) >= 11 is 2.04. The summed E-state index contributed by atoms with van der Waals surface area (Å²) in [6.45, 7) is 2.10. The predicted octanol–water partition coefficient (Wildman–Crippen LogP) is 3.76. The Balaban J connectivity index is 2.17. The van der Waals surface area contributed by atoms with Crippen molar-refractivity contribution in [1.82, 2.24) is 0 Å². The van der Waals surface area contributed by atoms with E-state index in [1.807, 2.05) is 23.9 Å². The number of methoxy groups -OCH3 is 1. The average molecular weight is 265 g/mol. The van der Waals surface area contributed by atoms with Crippen LogP contribution >= 0.6 is 11.8 Å². The molecule has 1 aromatic carbocycles. The number of thioether (sulfide) groups is 1. The minimum absolute atomic E-state index is 0.145. The maximum Gasteiger partial charge on any atom is 0.123 e. The van der Waals surface area contributed by atoms with Gasteiger partial charge in [0.15, 0.2) is 0 Å². The standard InChI is InChI=1S/C15H23NOS/c1-11(16)15(18-12-7-3-4-8-12)13-9-5-6-10-14(13)17-2/h5-6,9-12,15H,3-4,7-8,16H2,1-2H3. The minimum atomic E-state index is 0.145. The van der Waals surface area contributed by atoms with Gasteiger partial charge in [-0.3, -0.25) is 0 Å². The summed E-state index contributed by atoms with van der Waals surface area (Å²) in [6.07, 6.45) is 5.41. The Morgan fingerprint density at radius 1 is 1.28 bits per heavy atom. The molecule has 0 bridgehead atoms. The van der Waals surface area contributed by atoms with Crippen molar-refractivity contribution in [1.29, 1.82) is 0 Å². The van der Waals surface area contributed by atoms with Crippen molar-refractivity contribution in [3.05, 3.63) is 29.8 Å². The van der Waals surface area contributed by atoms with E-state index in [0.29, 0.717) is 5.25 Å². The molecular weight excluding hydrogens is 242 g/mol. The van der Waals surface area contributed by atoms with E-state index >= 15 is 0 Å². The van der Waals surface area contributed by atoms with Crippen molar-refractivity contribution >= 4 is 11.8 Å². The molecule has 2 N–H and O–H groups in total. The molecule has 0 radical (unpaired) electrons. The van der Waals surface area contributed by atoms with Crippen LogP contribution in [0.25, 0.3) is 0 Å². The zero-order valence-electron chi connectivity index (χ0n) is 11.3. The molecule has 1 fully saturated rings. The van der Waals surface area contributed by atoms with Crippen molar-refractivity contribution < 1.29 is 4.74 Å². The van der Waals surface area contributed by atoms with Gasteiger partial charge in [0.25, 0.3) is 0 Å². The van der Waals surface area contributed by atoms with Gasteiger partial charge in [0.2, 0.25) is 0 Å². The Labute approximate surface area is 114 Å². The van der Waals surface area contributed by atoms with E-state index < -0.39 is 0 Å². The first-order chi connectivity index (χ1) is 8.72. The van der Waals surface area contributed by atoms with Gasteiger partial charge in [-0.05, 0) is 25.8 Å². The number of nitrogens with two attached hydrogens (primary N) is 1. The fourth-order valence-corrected chi connectivity index (χ4v) is 4.22. The highest BCUT2D eigenvalue weighted by Crippen LogP contribution is 2.43. The van der Waals surface area contributed by atoms with Crippen LogP contribution in [0.15, 0.2) is 24.3 Å². The summed E-state index contributed by atoms with van der Waals surface area (Å²) in [7, 11) is 1.73. The summed E-state index contributed by atoms with van der Waals surface area (Å²) in [5.74, 6) is 0.963. The van der Waals surface area contributed by atoms with Crippen LogP contribution in [0, 0.1) is 0 Å². The molecule has 0 aromatic heterocycles. The number of para-hydroxylation sites is 1. The van der Waals surface area contributed by atoms with Crippen LogP contribution in [0.4, 0.5) is 0 Å². The lowest BCUT2D eigenvalue weighted by atomic mass is 10.1. The second kappa shape index (κ2) is 6.48. The summed E-state index contributed by atoms with van der Waals surface area (Å²) in [5, 5.41) is 1.11. The van der Waals surface area contributed by atoms with Crippen molar-refractivity contribution in [2.75, 3.05) is 7.11 Å². The topological polar surface area (TPSA) is 35.2 Å². The zero-order chi connectivity index (χ0) is 13.0. The summed E-state index contributed by atoms with van der Waals surface area (Å²) < 4.78 is 5.47. The molecular formula is C15H23NOS. The van der Waals surface area contributed by atoms with Gasteiger partial charge in [0, 0.05) is 22.1 Å². The highest BCUT2D eigenvalue weighted by molar-refractivity contribution is 8.00. The summed E-state index contributed by atoms with van der Waals surface area (Å²) in [4.78, 5) is 0. The monoisotopic (exact) mass is 265 g/mol. The van der Waals surface area contributed by atoms with Crippen LogP contribution in [-0.4, -0.2) is 18.4 Å². The van der Waals surface area contributed by atoms with Crippen molar-refractivity contribution in [2.24, 2.45) is 5.73 Å². The van der Waals surface area contributed by atoms with E-state index in [4.69, 9.17) is 10.5 Å². The Kier molecular flexibility index (Phi) is 4.95. The summed E-state index contributed by atoms with van der Waals surface area (Å²) in [6, 6.07) is 8.41. The Morgan fingerprint density at radius 3 is 2.56 bits per heavy atom. The van der Waals surface area contributed by atoms with Crippen LogP contribution in [-0.2, 0) is 0 Å². The largest absolute Gasteiger partial charge is 0.496 e. The highest BCUT2D eigenvalue weighted by Gasteiger charge is 2.26. The van der Waals surface area contributed by atoms with E-state index in [1.54, 1.807) is 7.11 Å². The lowest BCUT2D eigenvalue weighted by Crippen LogP contribution is -2.24. The molecule has 18 heavy (non-hydrogen) atoms. The van der Waals surface area contributed by atoms with Crippen molar-refractivity contribution in [3.8, 4) is 5.75 Å². The lowest BCUT2D eigenvalue weighted by molar-refractivity contribution is 0.408. The second-order valence-electron chi connectivity index (χ2n) is 5.06. The first-order valence-electron chi connectivity index (χ1n) is 6.76. The Bertz CT molecular complexity index is 375. The predicted molar refractivity (Wildman–Crippen MR) is 79.2 cm³/mol. The van der Waals surface area contributed by atoms with E-state index in [-0.39, 0.29) is 6.04 Å². The molecule has 2 atom stereocenters. The van der Waals surface area contributed by atoms with E-state index in [9.17, 15) is 0 Å². The van der Waals surface area contributed by atoms with Gasteiger partial charge >= 0.3 is 0 Å². The van der Waals surface area contributed by atoms with Crippen molar-refractivity contribution in [2.45, 2.75) is 49.1 Å². The number of hydrogen-bond acceptors (Lipinski definition) is 3. The van der Waals surface area contributed by atoms with Crippen LogP contribution in [0.3, 0.4) is 0 Å². The molecule has 0 saturated heterocycles. The van der Waals surface area contributed by atoms with Crippen LogP contribution in [0.5, 0.6) is 5.75 Å². The molecule has 100 valence electrons. The second-order valence-corrected chi connectivity index (χ2v) is 6.51. The number of hydrogen-bond donors (Lipinski definition) is 1. The number of rotatable bonds is 5. The average Bonchev–Trinajstić information content (AvgIpc) is 2.88. The molecule has 2 unspecified atom stereocenters. The molecule has 0 aliphatic heterocycles. The number of benzene rings is 1. The molecule has 1 aliphatic carbocycles. The third-order valence-electron chi connectivity index (χ3n) is 3.56. The molecule has 3 heteroatoms. The fraction of sp³-hybridized carbons (Fsp3) is 0.600. The highest BCUT2D eigenvalue weighted by atomic mass is 32.2. The quantitative estimate of drug-likeness (QED) is 0.880. The maximum atomic E-state index is 6.19. The Hall–Kier alpha value is -0.670. The minimum Gasteiger partial charge on any atom is -0.496 e. The fourth-order valence-electron chi connectivity index (χ4n) is 2.61. The molecule has 2 nitrogen and oxygen atoms in total. The zero-order valence-corrected chi connectivity index (χ0v) is 12.1. The van der Waals surface area contributed by atoms with Crippen LogP contribution in [0.2, 0.25) is 0 Å². The van der Waals surface area contributed by atoms with Crippen LogP contribution < -0.4 is 10.5 Å². The number of ether oxygens (including phenoxy) is 1. The smallest absolute Gasteiger partial charge is 0.123 e. The normalized spacial score (nSPS) is 19.7. The van der Waals surface area contributed by atoms with Gasteiger partial charge in [0.1, 0.15) is 5.75 Å². The first kappa shape index (κ1) is 13.8. The third-order valence-corrected chi connectivity index (χ3v) is 5.40. The SMILES string of the molecule is COc1ccccc1C(SC1CCCC1)C(C)N. The van der Waals surface area contributed by atoms with Crippen molar-refractivity contribution in [3.63, 3.8) is 0 Å². The summed E-state index contributed by atoms with van der Waals surface area (Å²) in [5.41, 5.74) is 7.44. The molecule has 1 aromatic rings. The maximum absolute atomic E-state index is 6.19. The van der Waals surface area contributed by atoms with Gasteiger partial charge < -0.3 is 10.5 Å². The van der Waals surface area contributed by atoms with E-state index in [1.165, 1.54) is 31.2 Å². The molecule has 2 rings (SSSR count). The molecule has 0 spiro atoms. The molecule has 0 amide bonds. The Morgan fingerprint density at radius 2 is 1.94 bits per heavy atom. The molecule has 1 aliphatic rings. The van der Waals surface area contributed by atoms with Gasteiger partial charge in [-0.1, -0.05) is 31.0 Å². The molecule has 0 heterocycles. The lowest BCUT2D eigenvalue weighted by Gasteiger charge is -2.25. The van der Waals surface area contributed by atoms with Gasteiger partial charge in [-0.15, -0.1) is 11.8 Å². The van der Waals surface area contributed by atoms with Gasteiger partial charge in [-0.2, -0.15) is 0 Å². The van der Waals surface area contributed by atoms with Gasteiger partial charge in [0.05, 0.1) is 7.11 Å². The van der Waals surface area contributed by atoms with Crippen LogP contribution in [0.1, 0.15) is 43.4 Å². The van der Waals surface area contributed by atoms with E-state index in [0.717, 1.165) is 11.0 Å². The third kappa shape index (κ3) is 3.21. The van der Waals surface area contributed by atoms with Gasteiger partial charge in [-0.25, -0.2) is 0 Å². The van der Waals surface area contributed by atoms with E-state index in [2.05, 4.69) is 19.1 Å². The first-order valence-corrected chi connectivity index (χ1v) is 7.70. The molecule has 1 saturated carbocycles.